The van der Waals surface area contributed by atoms with E-state index < -0.39 is 0 Å². The Hall–Kier alpha value is -2.32. The van der Waals surface area contributed by atoms with E-state index in [1.54, 1.807) is 11.3 Å². The third kappa shape index (κ3) is 2.18. The van der Waals surface area contributed by atoms with Gasteiger partial charge in [-0.1, -0.05) is 18.2 Å². The standard InChI is InChI=1S/C13H9N5OS2/c14-18-11(10-6-3-7-20-10)16-17-12(18)21-13-15-8-4-1-2-5-9(8)19-13/h1-7H,14H2. The van der Waals surface area contributed by atoms with E-state index in [1.165, 1.54) is 16.4 Å². The molecule has 0 spiro atoms. The molecule has 0 aliphatic rings. The van der Waals surface area contributed by atoms with Crippen LogP contribution in [0.5, 0.6) is 0 Å². The lowest BCUT2D eigenvalue weighted by atomic mass is 10.3. The Morgan fingerprint density at radius 1 is 1.14 bits per heavy atom. The molecule has 1 aromatic carbocycles. The summed E-state index contributed by atoms with van der Waals surface area (Å²) in [5.74, 6) is 6.67. The molecule has 0 saturated carbocycles. The predicted molar refractivity (Wildman–Crippen MR) is 81.6 cm³/mol. The summed E-state index contributed by atoms with van der Waals surface area (Å²) in [6.45, 7) is 0. The van der Waals surface area contributed by atoms with Crippen LogP contribution in [-0.2, 0) is 0 Å². The van der Waals surface area contributed by atoms with Gasteiger partial charge >= 0.3 is 0 Å². The third-order valence-corrected chi connectivity index (χ3v) is 4.53. The van der Waals surface area contributed by atoms with Crippen molar-refractivity contribution in [3.05, 3.63) is 41.8 Å². The van der Waals surface area contributed by atoms with Gasteiger partial charge in [-0.3, -0.25) is 0 Å². The Labute approximate surface area is 127 Å². The Kier molecular flexibility index (Phi) is 2.90. The fraction of sp³-hybridized carbons (Fsp3) is 0. The van der Waals surface area contributed by atoms with Crippen molar-refractivity contribution < 1.29 is 4.42 Å². The molecule has 4 aromatic rings. The number of fused-ring (bicyclic) bond motifs is 1. The van der Waals surface area contributed by atoms with Crippen molar-refractivity contribution in [3.63, 3.8) is 0 Å². The summed E-state index contributed by atoms with van der Waals surface area (Å²) in [5.41, 5.74) is 1.54. The number of benzene rings is 1. The molecule has 0 fully saturated rings. The van der Waals surface area contributed by atoms with Crippen LogP contribution in [0.3, 0.4) is 0 Å². The van der Waals surface area contributed by atoms with Crippen LogP contribution < -0.4 is 5.84 Å². The van der Waals surface area contributed by atoms with Gasteiger partial charge in [0.1, 0.15) is 5.52 Å². The van der Waals surface area contributed by atoms with Crippen molar-refractivity contribution in [2.24, 2.45) is 0 Å². The molecule has 104 valence electrons. The summed E-state index contributed by atoms with van der Waals surface area (Å²) in [6, 6.07) is 11.5. The van der Waals surface area contributed by atoms with E-state index in [4.69, 9.17) is 10.3 Å². The monoisotopic (exact) mass is 315 g/mol. The van der Waals surface area contributed by atoms with E-state index in [2.05, 4.69) is 15.2 Å². The van der Waals surface area contributed by atoms with Crippen LogP contribution in [0, 0.1) is 0 Å². The average molecular weight is 315 g/mol. The van der Waals surface area contributed by atoms with Crippen molar-refractivity contribution in [2.45, 2.75) is 10.4 Å². The minimum atomic E-state index is 0.494. The summed E-state index contributed by atoms with van der Waals surface area (Å²) in [5, 5.41) is 11.2. The second-order valence-electron chi connectivity index (χ2n) is 4.20. The Morgan fingerprint density at radius 2 is 2.05 bits per heavy atom. The molecular formula is C13H9N5OS2. The lowest BCUT2D eigenvalue weighted by Gasteiger charge is -1.99. The van der Waals surface area contributed by atoms with Gasteiger partial charge in [0, 0.05) is 11.8 Å². The summed E-state index contributed by atoms with van der Waals surface area (Å²) < 4.78 is 7.09. The number of hydrogen-bond acceptors (Lipinski definition) is 7. The lowest BCUT2D eigenvalue weighted by molar-refractivity contribution is 0.488. The van der Waals surface area contributed by atoms with Gasteiger partial charge in [0.05, 0.1) is 4.88 Å². The molecule has 3 aromatic heterocycles. The van der Waals surface area contributed by atoms with E-state index in [-0.39, 0.29) is 0 Å². The van der Waals surface area contributed by atoms with Gasteiger partial charge in [0.25, 0.3) is 5.22 Å². The molecule has 6 nitrogen and oxygen atoms in total. The first-order valence-corrected chi connectivity index (χ1v) is 7.79. The summed E-state index contributed by atoms with van der Waals surface area (Å²) in [4.78, 5) is 5.35. The number of nitrogens with zero attached hydrogens (tertiary/aromatic N) is 4. The van der Waals surface area contributed by atoms with E-state index in [0.717, 1.165) is 16.0 Å². The second kappa shape index (κ2) is 4.90. The van der Waals surface area contributed by atoms with Crippen LogP contribution in [0.2, 0.25) is 0 Å². The van der Waals surface area contributed by atoms with Crippen molar-refractivity contribution in [1.29, 1.82) is 0 Å². The Bertz CT molecular complexity index is 863. The highest BCUT2D eigenvalue weighted by atomic mass is 32.2. The molecule has 0 atom stereocenters. The van der Waals surface area contributed by atoms with Gasteiger partial charge in [-0.15, -0.1) is 21.5 Å². The number of para-hydroxylation sites is 2. The molecule has 0 bridgehead atoms. The maximum atomic E-state index is 6.04. The fourth-order valence-corrected chi connectivity index (χ4v) is 3.30. The van der Waals surface area contributed by atoms with Gasteiger partial charge in [0.2, 0.25) is 5.16 Å². The number of nitrogens with two attached hydrogens (primary N) is 1. The van der Waals surface area contributed by atoms with Crippen LogP contribution in [0.1, 0.15) is 0 Å². The first kappa shape index (κ1) is 12.4. The first-order valence-electron chi connectivity index (χ1n) is 6.09. The summed E-state index contributed by atoms with van der Waals surface area (Å²) in [6.07, 6.45) is 0. The van der Waals surface area contributed by atoms with Gasteiger partial charge in [-0.2, -0.15) is 0 Å². The maximum Gasteiger partial charge on any atom is 0.264 e. The molecule has 2 N–H and O–H groups in total. The van der Waals surface area contributed by atoms with Gasteiger partial charge < -0.3 is 10.3 Å². The number of thiophene rings is 1. The summed E-state index contributed by atoms with van der Waals surface area (Å²) in [7, 11) is 0. The topological polar surface area (TPSA) is 82.8 Å². The van der Waals surface area contributed by atoms with Crippen LogP contribution in [-0.4, -0.2) is 19.9 Å². The number of oxazole rings is 1. The zero-order valence-electron chi connectivity index (χ0n) is 10.6. The molecule has 0 saturated heterocycles. The SMILES string of the molecule is Nn1c(Sc2nc3ccccc3o2)nnc1-c1cccs1. The quantitative estimate of drug-likeness (QED) is 0.585. The number of rotatable bonds is 3. The van der Waals surface area contributed by atoms with Crippen LogP contribution in [0.15, 0.2) is 56.6 Å². The zero-order valence-corrected chi connectivity index (χ0v) is 12.3. The predicted octanol–water partition coefficient (Wildman–Crippen LogP) is 3.01. The minimum Gasteiger partial charge on any atom is -0.431 e. The highest BCUT2D eigenvalue weighted by Crippen LogP contribution is 2.30. The van der Waals surface area contributed by atoms with E-state index >= 15 is 0 Å². The molecule has 0 unspecified atom stereocenters. The van der Waals surface area contributed by atoms with Crippen molar-refractivity contribution in [1.82, 2.24) is 19.9 Å². The van der Waals surface area contributed by atoms with Gasteiger partial charge in [-0.25, -0.2) is 9.66 Å². The zero-order chi connectivity index (χ0) is 14.2. The van der Waals surface area contributed by atoms with Gasteiger partial charge in [-0.05, 0) is 23.6 Å². The van der Waals surface area contributed by atoms with E-state index in [0.29, 0.717) is 16.2 Å². The highest BCUT2D eigenvalue weighted by Gasteiger charge is 2.16. The molecule has 0 amide bonds. The molecule has 0 radical (unpaired) electrons. The van der Waals surface area contributed by atoms with Crippen LogP contribution in [0.4, 0.5) is 0 Å². The van der Waals surface area contributed by atoms with E-state index in [9.17, 15) is 0 Å². The molecule has 3 heterocycles. The fourth-order valence-electron chi connectivity index (χ4n) is 1.89. The molecule has 0 aliphatic heterocycles. The van der Waals surface area contributed by atoms with Crippen LogP contribution in [0.25, 0.3) is 21.8 Å². The van der Waals surface area contributed by atoms with Crippen molar-refractivity contribution in [3.8, 4) is 10.7 Å². The maximum absolute atomic E-state index is 6.04. The minimum absolute atomic E-state index is 0.494. The van der Waals surface area contributed by atoms with E-state index in [1.807, 2.05) is 41.8 Å². The smallest absolute Gasteiger partial charge is 0.264 e. The molecular weight excluding hydrogens is 306 g/mol. The van der Waals surface area contributed by atoms with Crippen molar-refractivity contribution in [2.75, 3.05) is 5.84 Å². The lowest BCUT2D eigenvalue weighted by Crippen LogP contribution is -2.10. The number of nitrogen functional groups attached to an aromatic ring is 1. The third-order valence-electron chi connectivity index (χ3n) is 2.86. The van der Waals surface area contributed by atoms with Crippen molar-refractivity contribution >= 4 is 34.2 Å². The first-order chi connectivity index (χ1) is 10.3. The number of aromatic nitrogens is 4. The molecule has 0 aliphatic carbocycles. The van der Waals surface area contributed by atoms with Gasteiger partial charge in [0.15, 0.2) is 11.4 Å². The molecule has 4 rings (SSSR count). The average Bonchev–Trinajstić information content (AvgIpc) is 3.19. The number of hydrogen-bond donors (Lipinski definition) is 1. The molecule has 8 heteroatoms. The molecule has 21 heavy (non-hydrogen) atoms. The Morgan fingerprint density at radius 3 is 2.86 bits per heavy atom. The van der Waals surface area contributed by atoms with Crippen LogP contribution >= 0.6 is 23.1 Å². The summed E-state index contributed by atoms with van der Waals surface area (Å²) >= 11 is 2.81. The largest absolute Gasteiger partial charge is 0.431 e. The highest BCUT2D eigenvalue weighted by molar-refractivity contribution is 7.99. The normalized spacial score (nSPS) is 11.2. The second-order valence-corrected chi connectivity index (χ2v) is 6.07. The Balaban J connectivity index is 1.68.